The van der Waals surface area contributed by atoms with Gasteiger partial charge in [0.2, 0.25) is 0 Å². The lowest BCUT2D eigenvalue weighted by Crippen LogP contribution is -2.22. The Labute approximate surface area is 144 Å². The first-order chi connectivity index (χ1) is 11.9. The SMILES string of the molecule is CC(C)(C)n1cc(C(=O)OCCCn2nc3ccccn3c2=O)cn1. The van der Waals surface area contributed by atoms with Crippen LogP contribution in [0.2, 0.25) is 0 Å². The number of aromatic nitrogens is 5. The van der Waals surface area contributed by atoms with Crippen LogP contribution in [-0.4, -0.2) is 36.5 Å². The number of carbonyl (C=O) groups excluding carboxylic acids is 1. The normalized spacial score (nSPS) is 11.8. The summed E-state index contributed by atoms with van der Waals surface area (Å²) in [5, 5.41) is 8.41. The Morgan fingerprint density at radius 2 is 2.08 bits per heavy atom. The van der Waals surface area contributed by atoms with Gasteiger partial charge in [-0.3, -0.25) is 9.08 Å². The maximum absolute atomic E-state index is 12.1. The number of rotatable bonds is 5. The molecule has 8 heteroatoms. The van der Waals surface area contributed by atoms with Gasteiger partial charge in [0.15, 0.2) is 5.65 Å². The molecule has 0 unspecified atom stereocenters. The van der Waals surface area contributed by atoms with Crippen LogP contribution in [0.15, 0.2) is 41.6 Å². The van der Waals surface area contributed by atoms with Gasteiger partial charge in [-0.25, -0.2) is 14.3 Å². The van der Waals surface area contributed by atoms with Crippen LogP contribution in [0.5, 0.6) is 0 Å². The molecule has 0 aliphatic heterocycles. The summed E-state index contributed by atoms with van der Waals surface area (Å²) in [5.41, 5.74) is 0.621. The van der Waals surface area contributed by atoms with E-state index in [9.17, 15) is 9.59 Å². The highest BCUT2D eigenvalue weighted by Crippen LogP contribution is 2.13. The Bertz CT molecular complexity index is 945. The van der Waals surface area contributed by atoms with Crippen molar-refractivity contribution in [3.8, 4) is 0 Å². The zero-order valence-electron chi connectivity index (χ0n) is 14.5. The average Bonchev–Trinajstić information content (AvgIpc) is 3.17. The lowest BCUT2D eigenvalue weighted by Gasteiger charge is -2.18. The van der Waals surface area contributed by atoms with E-state index in [4.69, 9.17) is 4.74 Å². The van der Waals surface area contributed by atoms with Crippen molar-refractivity contribution in [2.45, 2.75) is 39.3 Å². The largest absolute Gasteiger partial charge is 0.462 e. The van der Waals surface area contributed by atoms with Gasteiger partial charge in [-0.05, 0) is 32.9 Å². The predicted octanol–water partition coefficient (Wildman–Crippen LogP) is 1.69. The number of fused-ring (bicyclic) bond motifs is 1. The van der Waals surface area contributed by atoms with E-state index in [1.165, 1.54) is 15.3 Å². The van der Waals surface area contributed by atoms with Crippen LogP contribution < -0.4 is 5.69 Å². The molecule has 0 spiro atoms. The second-order valence-corrected chi connectivity index (χ2v) is 6.77. The van der Waals surface area contributed by atoms with Gasteiger partial charge in [-0.2, -0.15) is 5.10 Å². The van der Waals surface area contributed by atoms with Crippen molar-refractivity contribution in [1.29, 1.82) is 0 Å². The van der Waals surface area contributed by atoms with Gasteiger partial charge in [0, 0.05) is 25.4 Å². The average molecular weight is 343 g/mol. The summed E-state index contributed by atoms with van der Waals surface area (Å²) in [6.45, 7) is 6.60. The minimum atomic E-state index is -0.419. The highest BCUT2D eigenvalue weighted by Gasteiger charge is 2.17. The molecule has 0 aromatic carbocycles. The molecule has 132 valence electrons. The summed E-state index contributed by atoms with van der Waals surface area (Å²) in [6, 6.07) is 5.37. The maximum Gasteiger partial charge on any atom is 0.350 e. The molecule has 0 saturated heterocycles. The molecule has 3 aromatic rings. The molecular formula is C17H21N5O3. The van der Waals surface area contributed by atoms with Gasteiger partial charge in [0.05, 0.1) is 23.9 Å². The summed E-state index contributed by atoms with van der Waals surface area (Å²) in [7, 11) is 0. The molecule has 0 atom stereocenters. The van der Waals surface area contributed by atoms with Crippen LogP contribution in [0.3, 0.4) is 0 Å². The van der Waals surface area contributed by atoms with E-state index < -0.39 is 5.97 Å². The van der Waals surface area contributed by atoms with E-state index in [-0.39, 0.29) is 17.8 Å². The highest BCUT2D eigenvalue weighted by molar-refractivity contribution is 5.88. The zero-order chi connectivity index (χ0) is 18.0. The van der Waals surface area contributed by atoms with Gasteiger partial charge >= 0.3 is 11.7 Å². The first-order valence-electron chi connectivity index (χ1n) is 8.13. The molecule has 3 aromatic heterocycles. The fourth-order valence-electron chi connectivity index (χ4n) is 2.37. The molecular weight excluding hydrogens is 322 g/mol. The fourth-order valence-corrected chi connectivity index (χ4v) is 2.37. The Hall–Kier alpha value is -2.90. The second kappa shape index (κ2) is 6.54. The minimum absolute atomic E-state index is 0.192. The number of nitrogens with zero attached hydrogens (tertiary/aromatic N) is 5. The number of pyridine rings is 1. The molecule has 0 saturated carbocycles. The summed E-state index contributed by atoms with van der Waals surface area (Å²) in [4.78, 5) is 24.2. The number of carbonyl (C=O) groups is 1. The van der Waals surface area contributed by atoms with Crippen LogP contribution in [0, 0.1) is 0 Å². The van der Waals surface area contributed by atoms with Crippen LogP contribution in [0.25, 0.3) is 5.65 Å². The molecule has 0 aliphatic carbocycles. The predicted molar refractivity (Wildman–Crippen MR) is 91.6 cm³/mol. The van der Waals surface area contributed by atoms with E-state index in [1.54, 1.807) is 29.2 Å². The van der Waals surface area contributed by atoms with Crippen molar-refractivity contribution in [3.05, 3.63) is 52.8 Å². The summed E-state index contributed by atoms with van der Waals surface area (Å²) in [6.07, 6.45) is 5.35. The third-order valence-corrected chi connectivity index (χ3v) is 3.74. The molecule has 0 radical (unpaired) electrons. The molecule has 0 fully saturated rings. The van der Waals surface area contributed by atoms with Crippen molar-refractivity contribution in [3.63, 3.8) is 0 Å². The molecule has 0 bridgehead atoms. The van der Waals surface area contributed by atoms with Crippen LogP contribution in [0.1, 0.15) is 37.6 Å². The smallest absolute Gasteiger partial charge is 0.350 e. The maximum atomic E-state index is 12.1. The van der Waals surface area contributed by atoms with E-state index in [2.05, 4.69) is 10.2 Å². The third kappa shape index (κ3) is 3.62. The van der Waals surface area contributed by atoms with Crippen LogP contribution in [-0.2, 0) is 16.8 Å². The number of esters is 1. The Morgan fingerprint density at radius 1 is 1.28 bits per heavy atom. The standard InChI is InChI=1S/C17H21N5O3/c1-17(2,3)22-12-13(11-18-22)15(23)25-10-6-9-21-16(24)20-8-5-4-7-14(20)19-21/h4-5,7-8,11-12H,6,9-10H2,1-3H3. The Balaban J connectivity index is 1.54. The molecule has 8 nitrogen and oxygen atoms in total. The molecule has 0 aliphatic rings. The summed E-state index contributed by atoms with van der Waals surface area (Å²) < 4.78 is 9.82. The van der Waals surface area contributed by atoms with E-state index in [0.717, 1.165) is 0 Å². The van der Waals surface area contributed by atoms with Crippen molar-refractivity contribution in [2.75, 3.05) is 6.61 Å². The Kier molecular flexibility index (Phi) is 4.43. The topological polar surface area (TPSA) is 83.4 Å². The molecule has 0 amide bonds. The summed E-state index contributed by atoms with van der Waals surface area (Å²) in [5.74, 6) is -0.419. The number of hydrogen-bond donors (Lipinski definition) is 0. The molecule has 0 N–H and O–H groups in total. The van der Waals surface area contributed by atoms with Crippen molar-refractivity contribution in [1.82, 2.24) is 24.0 Å². The highest BCUT2D eigenvalue weighted by atomic mass is 16.5. The minimum Gasteiger partial charge on any atom is -0.462 e. The number of hydrogen-bond acceptors (Lipinski definition) is 5. The van der Waals surface area contributed by atoms with Crippen molar-refractivity contribution >= 4 is 11.6 Å². The monoisotopic (exact) mass is 343 g/mol. The van der Waals surface area contributed by atoms with Crippen LogP contribution >= 0.6 is 0 Å². The van der Waals surface area contributed by atoms with Gasteiger partial charge in [-0.15, -0.1) is 5.10 Å². The van der Waals surface area contributed by atoms with E-state index >= 15 is 0 Å². The van der Waals surface area contributed by atoms with E-state index in [0.29, 0.717) is 24.2 Å². The Morgan fingerprint density at radius 3 is 2.76 bits per heavy atom. The van der Waals surface area contributed by atoms with E-state index in [1.807, 2.05) is 26.8 Å². The fraction of sp³-hybridized carbons (Fsp3) is 0.412. The lowest BCUT2D eigenvalue weighted by atomic mass is 10.1. The van der Waals surface area contributed by atoms with Crippen LogP contribution in [0.4, 0.5) is 0 Å². The zero-order valence-corrected chi connectivity index (χ0v) is 14.5. The lowest BCUT2D eigenvalue weighted by molar-refractivity contribution is 0.0494. The van der Waals surface area contributed by atoms with Crippen molar-refractivity contribution in [2.24, 2.45) is 0 Å². The quantitative estimate of drug-likeness (QED) is 0.520. The molecule has 3 rings (SSSR count). The van der Waals surface area contributed by atoms with Crippen molar-refractivity contribution < 1.29 is 9.53 Å². The number of aryl methyl sites for hydroxylation is 1. The first-order valence-corrected chi connectivity index (χ1v) is 8.13. The molecule has 25 heavy (non-hydrogen) atoms. The molecule has 3 heterocycles. The van der Waals surface area contributed by atoms with Gasteiger partial charge in [0.1, 0.15) is 0 Å². The summed E-state index contributed by atoms with van der Waals surface area (Å²) >= 11 is 0. The second-order valence-electron chi connectivity index (χ2n) is 6.77. The van der Waals surface area contributed by atoms with Gasteiger partial charge in [0.25, 0.3) is 0 Å². The van der Waals surface area contributed by atoms with Gasteiger partial charge in [-0.1, -0.05) is 6.07 Å². The first kappa shape index (κ1) is 16.9. The number of ether oxygens (including phenoxy) is 1. The van der Waals surface area contributed by atoms with Gasteiger partial charge < -0.3 is 4.74 Å². The third-order valence-electron chi connectivity index (χ3n) is 3.74.